The number of hydrogen-bond acceptors (Lipinski definition) is 3. The summed E-state index contributed by atoms with van der Waals surface area (Å²) in [6, 6.07) is 17.8. The highest BCUT2D eigenvalue weighted by Crippen LogP contribution is 2.22. The van der Waals surface area contributed by atoms with Crippen LogP contribution < -0.4 is 15.4 Å². The van der Waals surface area contributed by atoms with Crippen LogP contribution in [0.1, 0.15) is 29.4 Å². The molecule has 0 bridgehead atoms. The monoisotopic (exact) mass is 391 g/mol. The van der Waals surface area contributed by atoms with Crippen molar-refractivity contribution in [2.24, 2.45) is 12.0 Å². The smallest absolute Gasteiger partial charge is 0.191 e. The van der Waals surface area contributed by atoms with Gasteiger partial charge in [0, 0.05) is 31.4 Å². The van der Waals surface area contributed by atoms with E-state index in [1.807, 2.05) is 67.2 Å². The van der Waals surface area contributed by atoms with Gasteiger partial charge in [-0.2, -0.15) is 5.10 Å². The number of hydrogen-bond donors (Lipinski definition) is 2. The fourth-order valence-corrected chi connectivity index (χ4v) is 3.09. The fraction of sp³-hybridized carbons (Fsp3) is 0.304. The van der Waals surface area contributed by atoms with Gasteiger partial charge in [0.15, 0.2) is 5.96 Å². The molecule has 6 nitrogen and oxygen atoms in total. The molecule has 0 spiro atoms. The quantitative estimate of drug-likeness (QED) is 0.470. The van der Waals surface area contributed by atoms with Crippen molar-refractivity contribution in [1.29, 1.82) is 0 Å². The molecule has 0 saturated heterocycles. The standard InChI is InChI=1S/C23H29N5O/c1-5-24-23(26-16-22-17(2)27-28(4)18(22)3)25-15-19-10-9-13-21(14-19)29-20-11-7-6-8-12-20/h6-14H,5,15-16H2,1-4H3,(H2,24,25,26). The van der Waals surface area contributed by atoms with E-state index in [1.54, 1.807) is 0 Å². The Bertz CT molecular complexity index is 963. The Morgan fingerprint density at radius 1 is 1.03 bits per heavy atom. The number of aromatic nitrogens is 2. The van der Waals surface area contributed by atoms with Gasteiger partial charge >= 0.3 is 0 Å². The van der Waals surface area contributed by atoms with Crippen LogP contribution in [0.4, 0.5) is 0 Å². The molecule has 29 heavy (non-hydrogen) atoms. The van der Waals surface area contributed by atoms with Gasteiger partial charge in [0.05, 0.1) is 12.2 Å². The Balaban J connectivity index is 1.66. The van der Waals surface area contributed by atoms with Gasteiger partial charge in [0.2, 0.25) is 0 Å². The van der Waals surface area contributed by atoms with E-state index >= 15 is 0 Å². The zero-order valence-corrected chi connectivity index (χ0v) is 17.6. The number of rotatable bonds is 7. The van der Waals surface area contributed by atoms with Crippen LogP contribution in [0.3, 0.4) is 0 Å². The van der Waals surface area contributed by atoms with Gasteiger partial charge in [0.25, 0.3) is 0 Å². The lowest BCUT2D eigenvalue weighted by atomic mass is 10.2. The van der Waals surface area contributed by atoms with Gasteiger partial charge < -0.3 is 15.4 Å². The molecule has 0 fully saturated rings. The summed E-state index contributed by atoms with van der Waals surface area (Å²) in [6.07, 6.45) is 0. The molecule has 3 aromatic rings. The lowest BCUT2D eigenvalue weighted by Gasteiger charge is -2.12. The van der Waals surface area contributed by atoms with Crippen molar-refractivity contribution in [2.75, 3.05) is 6.54 Å². The van der Waals surface area contributed by atoms with Crippen LogP contribution in [0.15, 0.2) is 59.6 Å². The Morgan fingerprint density at radius 3 is 2.48 bits per heavy atom. The minimum atomic E-state index is 0.562. The predicted octanol–water partition coefficient (Wildman–Crippen LogP) is 4.08. The molecule has 0 atom stereocenters. The topological polar surface area (TPSA) is 63.5 Å². The summed E-state index contributed by atoms with van der Waals surface area (Å²) in [5, 5.41) is 11.2. The SMILES string of the molecule is CCNC(=NCc1cccc(Oc2ccccc2)c1)NCc1c(C)nn(C)c1C. The second kappa shape index (κ2) is 9.78. The first kappa shape index (κ1) is 20.5. The number of nitrogens with zero attached hydrogens (tertiary/aromatic N) is 3. The van der Waals surface area contributed by atoms with Gasteiger partial charge in [-0.25, -0.2) is 4.99 Å². The van der Waals surface area contributed by atoms with Crippen molar-refractivity contribution in [2.45, 2.75) is 33.9 Å². The summed E-state index contributed by atoms with van der Waals surface area (Å²) in [5.41, 5.74) is 4.50. The maximum Gasteiger partial charge on any atom is 0.191 e. The first-order chi connectivity index (χ1) is 14.1. The maximum absolute atomic E-state index is 5.92. The summed E-state index contributed by atoms with van der Waals surface area (Å²) in [6.45, 7) is 8.23. The number of nitrogens with one attached hydrogen (secondary N) is 2. The Labute approximate surface area is 172 Å². The molecule has 0 unspecified atom stereocenters. The first-order valence-electron chi connectivity index (χ1n) is 9.90. The Kier molecular flexibility index (Phi) is 6.89. The number of guanidine groups is 1. The fourth-order valence-electron chi connectivity index (χ4n) is 3.09. The van der Waals surface area contributed by atoms with E-state index in [4.69, 9.17) is 9.73 Å². The maximum atomic E-state index is 5.92. The first-order valence-corrected chi connectivity index (χ1v) is 9.90. The third kappa shape index (κ3) is 5.60. The molecule has 2 aromatic carbocycles. The summed E-state index contributed by atoms with van der Waals surface area (Å²) >= 11 is 0. The molecule has 0 aliphatic rings. The highest BCUT2D eigenvalue weighted by Gasteiger charge is 2.09. The lowest BCUT2D eigenvalue weighted by molar-refractivity contribution is 0.482. The average Bonchev–Trinajstić information content (AvgIpc) is 2.96. The third-order valence-electron chi connectivity index (χ3n) is 4.73. The Hall–Kier alpha value is -3.28. The van der Waals surface area contributed by atoms with E-state index in [0.29, 0.717) is 13.1 Å². The number of aliphatic imine (C=N–C) groups is 1. The van der Waals surface area contributed by atoms with Crippen molar-refractivity contribution in [1.82, 2.24) is 20.4 Å². The highest BCUT2D eigenvalue weighted by molar-refractivity contribution is 5.79. The zero-order valence-electron chi connectivity index (χ0n) is 17.6. The predicted molar refractivity (Wildman–Crippen MR) is 117 cm³/mol. The number of benzene rings is 2. The van der Waals surface area contributed by atoms with Crippen molar-refractivity contribution in [3.8, 4) is 11.5 Å². The molecule has 152 valence electrons. The Morgan fingerprint density at radius 2 is 1.79 bits per heavy atom. The summed E-state index contributed by atoms with van der Waals surface area (Å²) in [4.78, 5) is 4.72. The van der Waals surface area contributed by atoms with E-state index in [-0.39, 0.29) is 0 Å². The second-order valence-corrected chi connectivity index (χ2v) is 6.88. The molecule has 0 aliphatic carbocycles. The van der Waals surface area contributed by atoms with E-state index in [9.17, 15) is 0 Å². The molecule has 0 amide bonds. The lowest BCUT2D eigenvalue weighted by Crippen LogP contribution is -2.37. The van der Waals surface area contributed by atoms with Crippen LogP contribution in [0.5, 0.6) is 11.5 Å². The van der Waals surface area contributed by atoms with Crippen molar-refractivity contribution in [3.05, 3.63) is 77.1 Å². The largest absolute Gasteiger partial charge is 0.457 e. The molecule has 6 heteroatoms. The van der Waals surface area contributed by atoms with Gasteiger partial charge in [-0.1, -0.05) is 30.3 Å². The molecule has 2 N–H and O–H groups in total. The normalized spacial score (nSPS) is 11.4. The van der Waals surface area contributed by atoms with Gasteiger partial charge in [0.1, 0.15) is 11.5 Å². The number of aryl methyl sites for hydroxylation is 2. The van der Waals surface area contributed by atoms with Crippen molar-refractivity contribution >= 4 is 5.96 Å². The van der Waals surface area contributed by atoms with Crippen LogP contribution in [0.2, 0.25) is 0 Å². The molecule has 1 heterocycles. The number of para-hydroxylation sites is 1. The van der Waals surface area contributed by atoms with Crippen LogP contribution in [-0.4, -0.2) is 22.3 Å². The molecule has 1 aromatic heterocycles. The van der Waals surface area contributed by atoms with Gasteiger partial charge in [-0.15, -0.1) is 0 Å². The van der Waals surface area contributed by atoms with Crippen LogP contribution in [0, 0.1) is 13.8 Å². The zero-order chi connectivity index (χ0) is 20.6. The van der Waals surface area contributed by atoms with Gasteiger partial charge in [-0.3, -0.25) is 4.68 Å². The summed E-state index contributed by atoms with van der Waals surface area (Å²) in [5.74, 6) is 2.42. The highest BCUT2D eigenvalue weighted by atomic mass is 16.5. The summed E-state index contributed by atoms with van der Waals surface area (Å²) < 4.78 is 7.83. The van der Waals surface area contributed by atoms with Crippen LogP contribution in [0.25, 0.3) is 0 Å². The minimum absolute atomic E-state index is 0.562. The molecule has 0 radical (unpaired) electrons. The van der Waals surface area contributed by atoms with Crippen molar-refractivity contribution < 1.29 is 4.74 Å². The van der Waals surface area contributed by atoms with Crippen LogP contribution >= 0.6 is 0 Å². The molecular weight excluding hydrogens is 362 g/mol. The molecule has 0 aliphatic heterocycles. The van der Waals surface area contributed by atoms with E-state index < -0.39 is 0 Å². The molecular formula is C23H29N5O. The van der Waals surface area contributed by atoms with E-state index in [2.05, 4.69) is 35.6 Å². The van der Waals surface area contributed by atoms with Crippen molar-refractivity contribution in [3.63, 3.8) is 0 Å². The van der Waals surface area contributed by atoms with Crippen LogP contribution in [-0.2, 0) is 20.1 Å². The second-order valence-electron chi connectivity index (χ2n) is 6.88. The van der Waals surface area contributed by atoms with Gasteiger partial charge in [-0.05, 0) is 50.6 Å². The average molecular weight is 392 g/mol. The third-order valence-corrected chi connectivity index (χ3v) is 4.73. The molecule has 3 rings (SSSR count). The number of ether oxygens (including phenoxy) is 1. The minimum Gasteiger partial charge on any atom is -0.457 e. The molecule has 0 saturated carbocycles. The summed E-state index contributed by atoms with van der Waals surface area (Å²) in [7, 11) is 1.97. The van der Waals surface area contributed by atoms with E-state index in [1.165, 1.54) is 5.56 Å². The van der Waals surface area contributed by atoms with E-state index in [0.717, 1.165) is 41.0 Å².